The normalized spacial score (nSPS) is 14.5. The Morgan fingerprint density at radius 1 is 1.43 bits per heavy atom. The molecule has 0 saturated heterocycles. The van der Waals surface area contributed by atoms with Crippen molar-refractivity contribution >= 4 is 33.9 Å². The van der Waals surface area contributed by atoms with Crippen molar-refractivity contribution in [1.29, 1.82) is 0 Å². The van der Waals surface area contributed by atoms with Crippen molar-refractivity contribution in [2.45, 2.75) is 45.2 Å². The number of hydrogen-bond acceptors (Lipinski definition) is 5. The summed E-state index contributed by atoms with van der Waals surface area (Å²) < 4.78 is 2.21. The largest absolute Gasteiger partial charge is 0.354 e. The lowest BCUT2D eigenvalue weighted by atomic mass is 10.1. The molecule has 0 spiro atoms. The summed E-state index contributed by atoms with van der Waals surface area (Å²) in [5.41, 5.74) is 7.45. The van der Waals surface area contributed by atoms with Crippen LogP contribution < -0.4 is 10.6 Å². The van der Waals surface area contributed by atoms with Gasteiger partial charge in [-0.05, 0) is 19.1 Å². The Morgan fingerprint density at radius 2 is 2.19 bits per heavy atom. The molecule has 2 aromatic heterocycles. The summed E-state index contributed by atoms with van der Waals surface area (Å²) in [7, 11) is 2.16. The first kappa shape index (κ1) is 16.6. The molecule has 21 heavy (non-hydrogen) atoms. The predicted molar refractivity (Wildman–Crippen MR) is 95.9 cm³/mol. The van der Waals surface area contributed by atoms with Gasteiger partial charge >= 0.3 is 0 Å². The SMILES string of the molecule is CCC(N)Cc1c(N(C)C(CC)CSC)nc2sccn12. The van der Waals surface area contributed by atoms with Crippen LogP contribution in [-0.2, 0) is 6.42 Å². The van der Waals surface area contributed by atoms with Gasteiger partial charge in [0.1, 0.15) is 0 Å². The van der Waals surface area contributed by atoms with Gasteiger partial charge in [0.05, 0.1) is 5.69 Å². The van der Waals surface area contributed by atoms with E-state index >= 15 is 0 Å². The lowest BCUT2D eigenvalue weighted by molar-refractivity contribution is 0.623. The quantitative estimate of drug-likeness (QED) is 0.809. The second-order valence-corrected chi connectivity index (χ2v) is 7.22. The number of hydrogen-bond donors (Lipinski definition) is 1. The highest BCUT2D eigenvalue weighted by atomic mass is 32.2. The fourth-order valence-corrected chi connectivity index (χ4v) is 4.13. The number of nitrogens with two attached hydrogens (primary N) is 1. The number of aromatic nitrogens is 2. The van der Waals surface area contributed by atoms with Gasteiger partial charge in [-0.1, -0.05) is 13.8 Å². The van der Waals surface area contributed by atoms with E-state index in [4.69, 9.17) is 10.7 Å². The molecule has 0 aliphatic carbocycles. The van der Waals surface area contributed by atoms with Gasteiger partial charge < -0.3 is 10.6 Å². The van der Waals surface area contributed by atoms with Gasteiger partial charge in [-0.3, -0.25) is 4.40 Å². The smallest absolute Gasteiger partial charge is 0.195 e. The molecule has 0 saturated carbocycles. The van der Waals surface area contributed by atoms with Crippen LogP contribution in [0.1, 0.15) is 32.4 Å². The van der Waals surface area contributed by atoms with Crippen molar-refractivity contribution < 1.29 is 0 Å². The summed E-state index contributed by atoms with van der Waals surface area (Å²) in [6.45, 7) is 4.38. The number of imidazole rings is 1. The summed E-state index contributed by atoms with van der Waals surface area (Å²) in [6, 6.07) is 0.707. The molecule has 0 fully saturated rings. The number of rotatable bonds is 8. The zero-order chi connectivity index (χ0) is 15.4. The molecule has 2 rings (SSSR count). The molecule has 0 bridgehead atoms. The molecule has 0 aromatic carbocycles. The molecule has 2 unspecified atom stereocenters. The van der Waals surface area contributed by atoms with Crippen molar-refractivity contribution in [1.82, 2.24) is 9.38 Å². The van der Waals surface area contributed by atoms with E-state index < -0.39 is 0 Å². The van der Waals surface area contributed by atoms with Crippen molar-refractivity contribution in [3.8, 4) is 0 Å². The molecule has 6 heteroatoms. The third-order valence-corrected chi connectivity index (χ3v) is 5.51. The maximum absolute atomic E-state index is 6.20. The number of nitrogens with zero attached hydrogens (tertiary/aromatic N) is 3. The summed E-state index contributed by atoms with van der Waals surface area (Å²) in [5.74, 6) is 2.23. The molecule has 2 N–H and O–H groups in total. The highest BCUT2D eigenvalue weighted by Gasteiger charge is 2.22. The van der Waals surface area contributed by atoms with Gasteiger partial charge in [-0.2, -0.15) is 11.8 Å². The van der Waals surface area contributed by atoms with Gasteiger partial charge in [-0.15, -0.1) is 11.3 Å². The van der Waals surface area contributed by atoms with Gasteiger partial charge in [0, 0.05) is 42.9 Å². The summed E-state index contributed by atoms with van der Waals surface area (Å²) in [5, 5.41) is 2.09. The topological polar surface area (TPSA) is 46.6 Å². The first-order chi connectivity index (χ1) is 10.1. The standard InChI is InChI=1S/C15H26N4S2/c1-5-11(16)9-13-14(17-15-19(13)7-8-21-15)18(3)12(6-2)10-20-4/h7-8,11-12H,5-6,9-10,16H2,1-4H3. The van der Waals surface area contributed by atoms with E-state index in [9.17, 15) is 0 Å². The number of anilines is 1. The molecule has 0 aliphatic heterocycles. The molecule has 2 heterocycles. The van der Waals surface area contributed by atoms with E-state index in [1.54, 1.807) is 11.3 Å². The van der Waals surface area contributed by atoms with Crippen LogP contribution in [0.2, 0.25) is 0 Å². The number of thiazole rings is 1. The van der Waals surface area contributed by atoms with E-state index in [0.29, 0.717) is 6.04 Å². The van der Waals surface area contributed by atoms with Crippen LogP contribution in [0.15, 0.2) is 11.6 Å². The van der Waals surface area contributed by atoms with Crippen molar-refractivity contribution in [3.05, 3.63) is 17.3 Å². The van der Waals surface area contributed by atoms with Crippen molar-refractivity contribution in [2.24, 2.45) is 5.73 Å². The lowest BCUT2D eigenvalue weighted by Crippen LogP contribution is -2.34. The molecular formula is C15H26N4S2. The van der Waals surface area contributed by atoms with E-state index in [2.05, 4.69) is 48.0 Å². The highest BCUT2D eigenvalue weighted by Crippen LogP contribution is 2.27. The van der Waals surface area contributed by atoms with Crippen LogP contribution in [0.5, 0.6) is 0 Å². The highest BCUT2D eigenvalue weighted by molar-refractivity contribution is 7.98. The van der Waals surface area contributed by atoms with E-state index in [-0.39, 0.29) is 6.04 Å². The Bertz CT molecular complexity index is 563. The second-order valence-electron chi connectivity index (χ2n) is 5.44. The maximum atomic E-state index is 6.20. The van der Waals surface area contributed by atoms with Crippen LogP contribution in [0, 0.1) is 0 Å². The van der Waals surface area contributed by atoms with Crippen LogP contribution >= 0.6 is 23.1 Å². The van der Waals surface area contributed by atoms with Crippen molar-refractivity contribution in [3.63, 3.8) is 0 Å². The molecule has 0 aliphatic rings. The third-order valence-electron chi connectivity index (χ3n) is 4.03. The molecule has 118 valence electrons. The van der Waals surface area contributed by atoms with Gasteiger partial charge in [0.25, 0.3) is 0 Å². The van der Waals surface area contributed by atoms with Crippen LogP contribution in [0.25, 0.3) is 4.96 Å². The fraction of sp³-hybridized carbons (Fsp3) is 0.667. The number of thioether (sulfide) groups is 1. The summed E-state index contributed by atoms with van der Waals surface area (Å²) in [6.07, 6.45) is 7.27. The Morgan fingerprint density at radius 3 is 2.81 bits per heavy atom. The Hall–Kier alpha value is -0.720. The first-order valence-electron chi connectivity index (χ1n) is 7.54. The zero-order valence-electron chi connectivity index (χ0n) is 13.4. The molecular weight excluding hydrogens is 300 g/mol. The van der Waals surface area contributed by atoms with Gasteiger partial charge in [0.15, 0.2) is 10.8 Å². The maximum Gasteiger partial charge on any atom is 0.195 e. The molecule has 0 radical (unpaired) electrons. The Balaban J connectivity index is 2.37. The van der Waals surface area contributed by atoms with Crippen LogP contribution in [0.3, 0.4) is 0 Å². The minimum Gasteiger partial charge on any atom is -0.354 e. The molecule has 2 aromatic rings. The third kappa shape index (κ3) is 3.55. The van der Waals surface area contributed by atoms with Crippen LogP contribution in [0.4, 0.5) is 5.82 Å². The van der Waals surface area contributed by atoms with Gasteiger partial charge in [-0.25, -0.2) is 4.98 Å². The van der Waals surface area contributed by atoms with Crippen LogP contribution in [-0.4, -0.2) is 40.5 Å². The van der Waals surface area contributed by atoms with E-state index in [0.717, 1.165) is 35.8 Å². The van der Waals surface area contributed by atoms with E-state index in [1.165, 1.54) is 5.69 Å². The van der Waals surface area contributed by atoms with Crippen molar-refractivity contribution in [2.75, 3.05) is 24.0 Å². The zero-order valence-corrected chi connectivity index (χ0v) is 15.0. The number of fused-ring (bicyclic) bond motifs is 1. The van der Waals surface area contributed by atoms with Gasteiger partial charge in [0.2, 0.25) is 0 Å². The fourth-order valence-electron chi connectivity index (χ4n) is 2.55. The lowest BCUT2D eigenvalue weighted by Gasteiger charge is -2.28. The van der Waals surface area contributed by atoms with E-state index in [1.807, 2.05) is 11.8 Å². The predicted octanol–water partition coefficient (Wildman–Crippen LogP) is 3.25. The molecule has 0 amide bonds. The monoisotopic (exact) mass is 326 g/mol. The minimum atomic E-state index is 0.192. The molecule has 2 atom stereocenters. The summed E-state index contributed by atoms with van der Waals surface area (Å²) >= 11 is 3.58. The Labute approximate surface area is 135 Å². The summed E-state index contributed by atoms with van der Waals surface area (Å²) in [4.78, 5) is 8.26. The minimum absolute atomic E-state index is 0.192. The second kappa shape index (κ2) is 7.51. The average molecular weight is 327 g/mol. The average Bonchev–Trinajstić information content (AvgIpc) is 3.06. The Kier molecular flexibility index (Phi) is 5.96. The molecule has 4 nitrogen and oxygen atoms in total. The first-order valence-corrected chi connectivity index (χ1v) is 9.81.